The van der Waals surface area contributed by atoms with Gasteiger partial charge in [-0.1, -0.05) is 20.8 Å². The van der Waals surface area contributed by atoms with E-state index < -0.39 is 36.3 Å². The molecule has 3 rings (SSSR count). The van der Waals surface area contributed by atoms with Crippen LogP contribution in [0.4, 0.5) is 21.0 Å². The number of rotatable bonds is 12. The molecule has 16 heteroatoms. The average Bonchev–Trinajstić information content (AvgIpc) is 3.43. The summed E-state index contributed by atoms with van der Waals surface area (Å²) in [7, 11) is -2.59. The number of primary amides is 1. The Bertz CT molecular complexity index is 1440. The number of amides is 3. The van der Waals surface area contributed by atoms with Crippen molar-refractivity contribution in [2.75, 3.05) is 13.1 Å². The van der Waals surface area contributed by atoms with Gasteiger partial charge >= 0.3 is 17.9 Å². The number of nitro groups is 2. The first-order valence-corrected chi connectivity index (χ1v) is 17.2. The predicted molar refractivity (Wildman–Crippen MR) is 165 cm³/mol. The van der Waals surface area contributed by atoms with E-state index >= 15 is 0 Å². The third-order valence-corrected chi connectivity index (χ3v) is 12.3. The summed E-state index contributed by atoms with van der Waals surface area (Å²) in [5.74, 6) is -0.788. The van der Waals surface area contributed by atoms with E-state index in [0.29, 0.717) is 30.5 Å². The second-order valence-electron chi connectivity index (χ2n) is 12.2. The number of nitro benzene ring substituents is 2. The van der Waals surface area contributed by atoms with E-state index in [1.54, 1.807) is 0 Å². The summed E-state index contributed by atoms with van der Waals surface area (Å²) in [6, 6.07) is 7.97. The van der Waals surface area contributed by atoms with E-state index in [9.17, 15) is 34.6 Å². The molecule has 1 aliphatic rings. The van der Waals surface area contributed by atoms with Gasteiger partial charge in [-0.05, 0) is 60.3 Å². The van der Waals surface area contributed by atoms with Gasteiger partial charge in [-0.3, -0.25) is 25.0 Å². The number of ether oxygens (including phenoxy) is 2. The molecule has 244 valence electrons. The lowest BCUT2D eigenvalue weighted by Gasteiger charge is -2.37. The third-order valence-electron chi connectivity index (χ3n) is 8.01. The number of nitrogens with two attached hydrogens (primary N) is 1. The van der Waals surface area contributed by atoms with Crippen LogP contribution in [0.15, 0.2) is 36.4 Å². The summed E-state index contributed by atoms with van der Waals surface area (Å²) in [5, 5.41) is 25.0. The molecular weight excluding hydrogens is 606 g/mol. The Morgan fingerprint density at radius 3 is 2.27 bits per heavy atom. The van der Waals surface area contributed by atoms with Crippen LogP contribution in [0, 0.1) is 20.2 Å². The molecule has 0 radical (unpaired) electrons. The van der Waals surface area contributed by atoms with Crippen molar-refractivity contribution in [2.45, 2.75) is 77.4 Å². The van der Waals surface area contributed by atoms with Crippen molar-refractivity contribution in [1.82, 2.24) is 10.2 Å². The number of benzene rings is 2. The quantitative estimate of drug-likeness (QED) is 0.180. The standard InChI is InChI=1S/C29H39N5O10Si/c1-29(2,3)45(4,5)44-26-23(15-25(30)35)20(10-13-24(26)34(40)41)18-42-27(36)31-16-22-7-6-14-32(22)28(37)43-17-19-8-11-21(12-9-19)33(38)39/h8-13,22H,6-7,14-18H2,1-5H3,(H2,30,35)(H,31,36). The first-order valence-electron chi connectivity index (χ1n) is 14.3. The van der Waals surface area contributed by atoms with Crippen LogP contribution < -0.4 is 15.5 Å². The zero-order chi connectivity index (χ0) is 33.5. The molecule has 3 amide bonds. The van der Waals surface area contributed by atoms with E-state index in [1.165, 1.54) is 41.3 Å². The lowest BCUT2D eigenvalue weighted by atomic mass is 10.0. The highest BCUT2D eigenvalue weighted by Crippen LogP contribution is 2.42. The molecule has 1 fully saturated rings. The Hall–Kier alpha value is -4.73. The molecular formula is C29H39N5O10Si. The second kappa shape index (κ2) is 14.4. The average molecular weight is 646 g/mol. The Balaban J connectivity index is 1.64. The lowest BCUT2D eigenvalue weighted by Crippen LogP contribution is -2.44. The molecule has 3 N–H and O–H groups in total. The molecule has 0 saturated carbocycles. The lowest BCUT2D eigenvalue weighted by molar-refractivity contribution is -0.385. The number of nitrogens with zero attached hydrogens (tertiary/aromatic N) is 3. The normalized spacial score (nSPS) is 14.9. The van der Waals surface area contributed by atoms with Gasteiger partial charge in [0.05, 0.1) is 22.3 Å². The molecule has 15 nitrogen and oxygen atoms in total. The smallest absolute Gasteiger partial charge is 0.410 e. The van der Waals surface area contributed by atoms with Gasteiger partial charge in [0.25, 0.3) is 14.0 Å². The van der Waals surface area contributed by atoms with Gasteiger partial charge in [0.15, 0.2) is 5.75 Å². The summed E-state index contributed by atoms with van der Waals surface area (Å²) in [6.45, 7) is 9.88. The molecule has 0 bridgehead atoms. The van der Waals surface area contributed by atoms with Gasteiger partial charge in [-0.15, -0.1) is 0 Å². The number of hydrogen-bond acceptors (Lipinski definition) is 10. The highest BCUT2D eigenvalue weighted by molar-refractivity contribution is 6.74. The van der Waals surface area contributed by atoms with Gasteiger partial charge in [0.2, 0.25) is 5.91 Å². The van der Waals surface area contributed by atoms with Crippen LogP contribution in [0.2, 0.25) is 18.1 Å². The van der Waals surface area contributed by atoms with E-state index in [1.807, 2.05) is 33.9 Å². The van der Waals surface area contributed by atoms with Crippen molar-refractivity contribution in [3.63, 3.8) is 0 Å². The van der Waals surface area contributed by atoms with Crippen LogP contribution in [-0.4, -0.2) is 60.3 Å². The summed E-state index contributed by atoms with van der Waals surface area (Å²) in [4.78, 5) is 60.4. The Morgan fingerprint density at radius 1 is 1.02 bits per heavy atom. The van der Waals surface area contributed by atoms with Gasteiger partial charge in [0, 0.05) is 36.9 Å². The molecule has 1 unspecified atom stereocenters. The Kier molecular flexibility index (Phi) is 11.1. The van der Waals surface area contributed by atoms with Crippen molar-refractivity contribution in [3.05, 3.63) is 73.3 Å². The number of alkyl carbamates (subject to hydrolysis) is 1. The van der Waals surface area contributed by atoms with E-state index in [-0.39, 0.29) is 59.9 Å². The van der Waals surface area contributed by atoms with Crippen molar-refractivity contribution in [2.24, 2.45) is 5.73 Å². The number of carbonyl (C=O) groups is 3. The largest absolute Gasteiger partial charge is 0.539 e. The predicted octanol–water partition coefficient (Wildman–Crippen LogP) is 4.94. The van der Waals surface area contributed by atoms with Crippen molar-refractivity contribution >= 4 is 37.8 Å². The Morgan fingerprint density at radius 2 is 1.69 bits per heavy atom. The topological polar surface area (TPSA) is 206 Å². The molecule has 1 saturated heterocycles. The number of carbonyl (C=O) groups excluding carboxylic acids is 3. The minimum absolute atomic E-state index is 0.0549. The second-order valence-corrected chi connectivity index (χ2v) is 17.0. The van der Waals surface area contributed by atoms with Gasteiger partial charge in [-0.25, -0.2) is 9.59 Å². The minimum Gasteiger partial charge on any atom is -0.539 e. The van der Waals surface area contributed by atoms with Crippen LogP contribution in [0.5, 0.6) is 5.75 Å². The van der Waals surface area contributed by atoms with Crippen LogP contribution >= 0.6 is 0 Å². The fraction of sp³-hybridized carbons (Fsp3) is 0.483. The van der Waals surface area contributed by atoms with Crippen LogP contribution in [0.1, 0.15) is 50.3 Å². The molecule has 45 heavy (non-hydrogen) atoms. The number of non-ortho nitro benzene ring substituents is 1. The first-order chi connectivity index (χ1) is 21.0. The van der Waals surface area contributed by atoms with Crippen molar-refractivity contribution in [3.8, 4) is 5.75 Å². The third kappa shape index (κ3) is 9.13. The van der Waals surface area contributed by atoms with E-state index in [2.05, 4.69) is 5.32 Å². The summed E-state index contributed by atoms with van der Waals surface area (Å²) < 4.78 is 17.1. The number of likely N-dealkylation sites (tertiary alicyclic amines) is 1. The fourth-order valence-electron chi connectivity index (χ4n) is 4.45. The van der Waals surface area contributed by atoms with E-state index in [4.69, 9.17) is 19.6 Å². The summed E-state index contributed by atoms with van der Waals surface area (Å²) in [5.41, 5.74) is 6.21. The molecule has 0 aromatic heterocycles. The molecule has 1 aliphatic heterocycles. The van der Waals surface area contributed by atoms with Gasteiger partial charge < -0.3 is 29.9 Å². The van der Waals surface area contributed by atoms with Gasteiger partial charge in [-0.2, -0.15) is 0 Å². The number of nitrogens with one attached hydrogen (secondary N) is 1. The maximum absolute atomic E-state index is 12.7. The first kappa shape index (κ1) is 34.8. The van der Waals surface area contributed by atoms with Gasteiger partial charge in [0.1, 0.15) is 13.2 Å². The fourth-order valence-corrected chi connectivity index (χ4v) is 5.50. The number of hydrogen-bond donors (Lipinski definition) is 2. The highest BCUT2D eigenvalue weighted by atomic mass is 28.4. The minimum atomic E-state index is -2.59. The highest BCUT2D eigenvalue weighted by Gasteiger charge is 2.41. The molecule has 0 spiro atoms. The zero-order valence-electron chi connectivity index (χ0n) is 26.0. The molecule has 2 aromatic carbocycles. The molecule has 1 heterocycles. The van der Waals surface area contributed by atoms with E-state index in [0.717, 1.165) is 0 Å². The Labute approximate surface area is 261 Å². The van der Waals surface area contributed by atoms with Crippen molar-refractivity contribution < 1.29 is 38.1 Å². The monoisotopic (exact) mass is 645 g/mol. The molecule has 1 atom stereocenters. The SMILES string of the molecule is CC(C)(C)[Si](C)(C)Oc1c([N+](=O)[O-])ccc(COC(=O)NCC2CCCN2C(=O)OCc2ccc([N+](=O)[O-])cc2)c1CC(N)=O. The molecule has 2 aromatic rings. The maximum atomic E-state index is 12.7. The van der Waals surface area contributed by atoms with Crippen molar-refractivity contribution in [1.29, 1.82) is 0 Å². The zero-order valence-corrected chi connectivity index (χ0v) is 27.0. The van der Waals surface area contributed by atoms with Crippen LogP contribution in [-0.2, 0) is 33.9 Å². The summed E-state index contributed by atoms with van der Waals surface area (Å²) >= 11 is 0. The summed E-state index contributed by atoms with van der Waals surface area (Å²) in [6.07, 6.45) is -0.417. The van der Waals surface area contributed by atoms with Crippen LogP contribution in [0.3, 0.4) is 0 Å². The maximum Gasteiger partial charge on any atom is 0.410 e. The molecule has 0 aliphatic carbocycles. The van der Waals surface area contributed by atoms with Crippen LogP contribution in [0.25, 0.3) is 0 Å².